The third-order valence-corrected chi connectivity index (χ3v) is 3.51. The number of hydrogen-bond acceptors (Lipinski definition) is 2. The second-order valence-electron chi connectivity index (χ2n) is 4.97. The largest absolute Gasteiger partial charge is 0.370 e. The van der Waals surface area contributed by atoms with Crippen LogP contribution in [0.3, 0.4) is 0 Å². The van der Waals surface area contributed by atoms with Crippen molar-refractivity contribution >= 4 is 5.69 Å². The quantitative estimate of drug-likeness (QED) is 0.869. The topological polar surface area (TPSA) is 15.3 Å². The Labute approximate surface area is 99.6 Å². The van der Waals surface area contributed by atoms with Crippen LogP contribution >= 0.6 is 0 Å². The first-order valence-electron chi connectivity index (χ1n) is 6.18. The average Bonchev–Trinajstić information content (AvgIpc) is 2.99. The molecule has 1 aliphatic carbocycles. The van der Waals surface area contributed by atoms with Crippen molar-refractivity contribution in [3.8, 4) is 0 Å². The van der Waals surface area contributed by atoms with E-state index < -0.39 is 11.6 Å². The third-order valence-electron chi connectivity index (χ3n) is 3.51. The molecule has 4 heteroatoms. The van der Waals surface area contributed by atoms with Gasteiger partial charge in [-0.2, -0.15) is 0 Å². The minimum Gasteiger partial charge on any atom is -0.370 e. The maximum atomic E-state index is 13.1. The summed E-state index contributed by atoms with van der Waals surface area (Å²) in [7, 11) is 0. The van der Waals surface area contributed by atoms with E-state index in [0.717, 1.165) is 25.2 Å². The van der Waals surface area contributed by atoms with E-state index in [-0.39, 0.29) is 0 Å². The maximum Gasteiger partial charge on any atom is 0.160 e. The van der Waals surface area contributed by atoms with Crippen LogP contribution in [0.1, 0.15) is 19.3 Å². The van der Waals surface area contributed by atoms with Gasteiger partial charge in [-0.1, -0.05) is 0 Å². The molecule has 0 bridgehead atoms. The molecule has 0 spiro atoms. The minimum absolute atomic E-state index is 0.496. The predicted octanol–water partition coefficient (Wildman–Crippen LogP) is 2.30. The Kier molecular flexibility index (Phi) is 2.74. The van der Waals surface area contributed by atoms with Crippen molar-refractivity contribution in [2.24, 2.45) is 0 Å². The fraction of sp³-hybridized carbons (Fsp3) is 0.538. The highest BCUT2D eigenvalue weighted by Gasteiger charge is 2.29. The molecule has 0 aromatic heterocycles. The first-order valence-corrected chi connectivity index (χ1v) is 6.18. The van der Waals surface area contributed by atoms with E-state index in [1.54, 1.807) is 6.07 Å². The Hall–Kier alpha value is -1.16. The van der Waals surface area contributed by atoms with Gasteiger partial charge in [0, 0.05) is 36.9 Å². The van der Waals surface area contributed by atoms with Crippen LogP contribution in [0.25, 0.3) is 0 Å². The summed E-state index contributed by atoms with van der Waals surface area (Å²) in [4.78, 5) is 2.11. The van der Waals surface area contributed by atoms with Gasteiger partial charge >= 0.3 is 0 Å². The summed E-state index contributed by atoms with van der Waals surface area (Å²) in [6, 6.07) is 5.33. The number of rotatable bonds is 3. The summed E-state index contributed by atoms with van der Waals surface area (Å²) in [5, 5.41) is 3.57. The van der Waals surface area contributed by atoms with Crippen LogP contribution in [-0.4, -0.2) is 25.2 Å². The van der Waals surface area contributed by atoms with Crippen molar-refractivity contribution in [3.63, 3.8) is 0 Å². The van der Waals surface area contributed by atoms with Crippen LogP contribution in [0, 0.1) is 11.6 Å². The van der Waals surface area contributed by atoms with Crippen LogP contribution in [0.4, 0.5) is 14.5 Å². The molecule has 17 heavy (non-hydrogen) atoms. The van der Waals surface area contributed by atoms with Gasteiger partial charge < -0.3 is 10.2 Å². The molecule has 1 unspecified atom stereocenters. The maximum absolute atomic E-state index is 13.1. The van der Waals surface area contributed by atoms with E-state index in [1.807, 2.05) is 0 Å². The number of benzene rings is 1. The van der Waals surface area contributed by atoms with E-state index in [4.69, 9.17) is 0 Å². The number of hydrogen-bond donors (Lipinski definition) is 1. The summed E-state index contributed by atoms with van der Waals surface area (Å²) < 4.78 is 26.0. The van der Waals surface area contributed by atoms with E-state index in [0.29, 0.717) is 12.1 Å². The molecule has 92 valence electrons. The molecule has 1 saturated carbocycles. The Morgan fingerprint density at radius 2 is 1.88 bits per heavy atom. The zero-order valence-electron chi connectivity index (χ0n) is 9.63. The van der Waals surface area contributed by atoms with Gasteiger partial charge in [-0.15, -0.1) is 0 Å². The monoisotopic (exact) mass is 238 g/mol. The highest BCUT2D eigenvalue weighted by Crippen LogP contribution is 2.25. The first kappa shape index (κ1) is 11.0. The number of nitrogens with zero attached hydrogens (tertiary/aromatic N) is 1. The molecule has 1 saturated heterocycles. The number of anilines is 1. The molecule has 1 atom stereocenters. The Bertz CT molecular complexity index is 418. The predicted molar refractivity (Wildman–Crippen MR) is 63.1 cm³/mol. The SMILES string of the molecule is Fc1ccc(N2CCC(NC3CC3)C2)cc1F. The molecular formula is C13H16F2N2. The smallest absolute Gasteiger partial charge is 0.160 e. The summed E-state index contributed by atoms with van der Waals surface area (Å²) in [6.07, 6.45) is 3.64. The molecule has 1 aromatic rings. The van der Waals surface area contributed by atoms with E-state index in [2.05, 4.69) is 10.2 Å². The fourth-order valence-corrected chi connectivity index (χ4v) is 2.40. The summed E-state index contributed by atoms with van der Waals surface area (Å²) >= 11 is 0. The van der Waals surface area contributed by atoms with Crippen LogP contribution in [0.2, 0.25) is 0 Å². The van der Waals surface area contributed by atoms with Crippen LogP contribution in [-0.2, 0) is 0 Å². The molecule has 1 aromatic carbocycles. The van der Waals surface area contributed by atoms with E-state index in [1.165, 1.54) is 25.0 Å². The molecule has 1 aliphatic heterocycles. The molecule has 0 radical (unpaired) electrons. The molecule has 1 N–H and O–H groups in total. The minimum atomic E-state index is -0.777. The summed E-state index contributed by atoms with van der Waals surface area (Å²) in [6.45, 7) is 1.80. The molecule has 2 nitrogen and oxygen atoms in total. The van der Waals surface area contributed by atoms with Gasteiger partial charge in [0.15, 0.2) is 11.6 Å². The molecule has 2 aliphatic rings. The first-order chi connectivity index (χ1) is 8.22. The zero-order valence-corrected chi connectivity index (χ0v) is 9.63. The Morgan fingerprint density at radius 1 is 1.06 bits per heavy atom. The van der Waals surface area contributed by atoms with Crippen molar-refractivity contribution in [2.45, 2.75) is 31.3 Å². The molecule has 1 heterocycles. The van der Waals surface area contributed by atoms with Gasteiger partial charge in [-0.3, -0.25) is 0 Å². The normalized spacial score (nSPS) is 24.4. The van der Waals surface area contributed by atoms with E-state index >= 15 is 0 Å². The lowest BCUT2D eigenvalue weighted by atomic mass is 10.2. The molecule has 3 rings (SSSR count). The van der Waals surface area contributed by atoms with Gasteiger partial charge in [0.1, 0.15) is 0 Å². The van der Waals surface area contributed by atoms with Crippen LogP contribution < -0.4 is 10.2 Å². The summed E-state index contributed by atoms with van der Waals surface area (Å²) in [5.41, 5.74) is 0.781. The second-order valence-corrected chi connectivity index (χ2v) is 4.97. The van der Waals surface area contributed by atoms with Crippen molar-refractivity contribution in [1.82, 2.24) is 5.32 Å². The molecular weight excluding hydrogens is 222 g/mol. The Balaban J connectivity index is 1.66. The van der Waals surface area contributed by atoms with Crippen LogP contribution in [0.15, 0.2) is 18.2 Å². The lowest BCUT2D eigenvalue weighted by molar-refractivity contribution is 0.508. The number of nitrogens with one attached hydrogen (secondary N) is 1. The molecule has 0 amide bonds. The highest BCUT2D eigenvalue weighted by atomic mass is 19.2. The van der Waals surface area contributed by atoms with E-state index in [9.17, 15) is 8.78 Å². The van der Waals surface area contributed by atoms with Gasteiger partial charge in [0.25, 0.3) is 0 Å². The van der Waals surface area contributed by atoms with Crippen molar-refractivity contribution in [3.05, 3.63) is 29.8 Å². The van der Waals surface area contributed by atoms with Crippen molar-refractivity contribution < 1.29 is 8.78 Å². The van der Waals surface area contributed by atoms with Gasteiger partial charge in [-0.05, 0) is 31.4 Å². The van der Waals surface area contributed by atoms with Crippen molar-refractivity contribution in [1.29, 1.82) is 0 Å². The lowest BCUT2D eigenvalue weighted by Gasteiger charge is -2.19. The highest BCUT2D eigenvalue weighted by molar-refractivity contribution is 5.48. The molecule has 2 fully saturated rings. The third kappa shape index (κ3) is 2.41. The van der Waals surface area contributed by atoms with Gasteiger partial charge in [0.05, 0.1) is 0 Å². The van der Waals surface area contributed by atoms with Crippen LogP contribution in [0.5, 0.6) is 0 Å². The zero-order chi connectivity index (χ0) is 11.8. The lowest BCUT2D eigenvalue weighted by Crippen LogP contribution is -2.33. The van der Waals surface area contributed by atoms with Gasteiger partial charge in [-0.25, -0.2) is 8.78 Å². The summed E-state index contributed by atoms with van der Waals surface area (Å²) in [5.74, 6) is -1.54. The van der Waals surface area contributed by atoms with Gasteiger partial charge in [0.2, 0.25) is 0 Å². The standard InChI is InChI=1S/C13H16F2N2/c14-12-4-3-11(7-13(12)15)17-6-5-10(8-17)16-9-1-2-9/h3-4,7,9-10,16H,1-2,5-6,8H2. The fourth-order valence-electron chi connectivity index (χ4n) is 2.40. The van der Waals surface area contributed by atoms with Crippen molar-refractivity contribution in [2.75, 3.05) is 18.0 Å². The second kappa shape index (κ2) is 4.26. The number of halogens is 2. The average molecular weight is 238 g/mol. The Morgan fingerprint density at radius 3 is 2.59 bits per heavy atom.